The Balaban J connectivity index is 3.31. The number of hydrogen-bond acceptors (Lipinski definition) is 2. The van der Waals surface area contributed by atoms with E-state index in [4.69, 9.17) is 21.4 Å². The van der Waals surface area contributed by atoms with Crippen molar-refractivity contribution >= 4 is 17.6 Å². The molecule has 0 amide bonds. The van der Waals surface area contributed by atoms with Gasteiger partial charge in [-0.15, -0.1) is 0 Å². The van der Waals surface area contributed by atoms with Crippen LogP contribution in [-0.4, -0.2) is 17.7 Å². The molecule has 0 saturated carbocycles. The van der Waals surface area contributed by atoms with Gasteiger partial charge in [0.05, 0.1) is 12.9 Å². The van der Waals surface area contributed by atoms with Crippen LogP contribution in [0.5, 0.6) is 0 Å². The van der Waals surface area contributed by atoms with E-state index < -0.39 is 5.97 Å². The Kier molecular flexibility index (Phi) is 12.8. The first-order chi connectivity index (χ1) is 9.18. The molecule has 0 spiro atoms. The van der Waals surface area contributed by atoms with Gasteiger partial charge in [0.2, 0.25) is 0 Å². The van der Waals surface area contributed by atoms with Gasteiger partial charge in [-0.3, -0.25) is 0 Å². The summed E-state index contributed by atoms with van der Waals surface area (Å²) in [5, 5.41) is 8.35. The average Bonchev–Trinajstić information content (AvgIpc) is 2.39. The van der Waals surface area contributed by atoms with E-state index in [9.17, 15) is 4.79 Å². The van der Waals surface area contributed by atoms with Crippen molar-refractivity contribution in [1.29, 1.82) is 0 Å². The van der Waals surface area contributed by atoms with E-state index in [0.29, 0.717) is 13.0 Å². The predicted octanol–water partition coefficient (Wildman–Crippen LogP) is 4.86. The molecule has 0 radical (unpaired) electrons. The van der Waals surface area contributed by atoms with Crippen molar-refractivity contribution in [2.45, 2.75) is 58.3 Å². The minimum Gasteiger partial charge on any atom is -0.501 e. The molecule has 0 heterocycles. The molecule has 0 fully saturated rings. The first kappa shape index (κ1) is 18.0. The third-order valence-corrected chi connectivity index (χ3v) is 3.00. The molecule has 0 aromatic heterocycles. The van der Waals surface area contributed by atoms with Gasteiger partial charge in [-0.05, 0) is 18.9 Å². The van der Waals surface area contributed by atoms with Crippen LogP contribution >= 0.6 is 11.6 Å². The molecule has 0 atom stereocenters. The zero-order chi connectivity index (χ0) is 14.3. The van der Waals surface area contributed by atoms with Crippen LogP contribution in [0.3, 0.4) is 0 Å². The minimum atomic E-state index is -1.10. The lowest BCUT2D eigenvalue weighted by Crippen LogP contribution is -1.94. The Hall–Kier alpha value is -0.960. The number of carbonyl (C=O) groups is 1. The molecule has 0 aromatic carbocycles. The summed E-state index contributed by atoms with van der Waals surface area (Å²) in [7, 11) is 0. The summed E-state index contributed by atoms with van der Waals surface area (Å²) in [6, 6.07) is 0. The Labute approximate surface area is 121 Å². The summed E-state index contributed by atoms with van der Waals surface area (Å²) in [4.78, 5) is 10.4. The number of allylic oxidation sites excluding steroid dienone is 1. The maximum absolute atomic E-state index is 10.4. The quantitative estimate of drug-likeness (QED) is 0.317. The van der Waals surface area contributed by atoms with E-state index in [-0.39, 0.29) is 5.03 Å². The van der Waals surface area contributed by atoms with Gasteiger partial charge in [-0.2, -0.15) is 0 Å². The third kappa shape index (κ3) is 13.3. The van der Waals surface area contributed by atoms with E-state index in [1.165, 1.54) is 44.6 Å². The fourth-order valence-electron chi connectivity index (χ4n) is 1.59. The normalized spacial score (nSPS) is 12.0. The van der Waals surface area contributed by atoms with Crippen molar-refractivity contribution in [2.75, 3.05) is 6.61 Å². The first-order valence-electron chi connectivity index (χ1n) is 7.04. The van der Waals surface area contributed by atoms with Gasteiger partial charge in [-0.25, -0.2) is 4.79 Å². The van der Waals surface area contributed by atoms with Gasteiger partial charge in [0, 0.05) is 6.42 Å². The van der Waals surface area contributed by atoms with Gasteiger partial charge in [0.1, 0.15) is 5.03 Å². The molecule has 4 heteroatoms. The summed E-state index contributed by atoms with van der Waals surface area (Å²) in [5.74, 6) is -1.10. The Morgan fingerprint density at radius 3 is 2.53 bits per heavy atom. The molecule has 0 aliphatic rings. The summed E-state index contributed by atoms with van der Waals surface area (Å²) < 4.78 is 5.23. The highest BCUT2D eigenvalue weighted by atomic mass is 35.5. The molecule has 0 unspecified atom stereocenters. The van der Waals surface area contributed by atoms with E-state index in [1.807, 2.05) is 6.08 Å². The summed E-state index contributed by atoms with van der Waals surface area (Å²) in [6.07, 6.45) is 14.5. The molecule has 0 aliphatic carbocycles. The minimum absolute atomic E-state index is 0.153. The van der Waals surface area contributed by atoms with Gasteiger partial charge >= 0.3 is 5.97 Å². The zero-order valence-corrected chi connectivity index (χ0v) is 12.5. The van der Waals surface area contributed by atoms with Crippen LogP contribution in [0.15, 0.2) is 23.4 Å². The molecule has 19 heavy (non-hydrogen) atoms. The predicted molar refractivity (Wildman–Crippen MR) is 79.3 cm³/mol. The van der Waals surface area contributed by atoms with E-state index in [0.717, 1.165) is 6.42 Å². The smallest absolute Gasteiger partial charge is 0.346 e. The van der Waals surface area contributed by atoms with Crippen molar-refractivity contribution in [3.8, 4) is 0 Å². The molecular weight excluding hydrogens is 264 g/mol. The van der Waals surface area contributed by atoms with Crippen LogP contribution in [0, 0.1) is 0 Å². The fraction of sp³-hybridized carbons (Fsp3) is 0.667. The topological polar surface area (TPSA) is 46.5 Å². The molecule has 0 bridgehead atoms. The lowest BCUT2D eigenvalue weighted by Gasteiger charge is -1.99. The number of carboxylic acids is 1. The zero-order valence-electron chi connectivity index (χ0n) is 11.7. The molecule has 0 aromatic rings. The number of halogens is 1. The molecule has 110 valence electrons. The van der Waals surface area contributed by atoms with Crippen LogP contribution < -0.4 is 0 Å². The van der Waals surface area contributed by atoms with Crippen LogP contribution in [0.4, 0.5) is 0 Å². The second-order valence-corrected chi connectivity index (χ2v) is 4.85. The van der Waals surface area contributed by atoms with Crippen molar-refractivity contribution in [2.24, 2.45) is 0 Å². The summed E-state index contributed by atoms with van der Waals surface area (Å²) in [6.45, 7) is 2.68. The number of ether oxygens (including phenoxy) is 1. The number of unbranched alkanes of at least 4 members (excludes halogenated alkanes) is 6. The molecule has 0 rings (SSSR count). The van der Waals surface area contributed by atoms with Crippen molar-refractivity contribution in [3.05, 3.63) is 23.4 Å². The Morgan fingerprint density at radius 2 is 1.84 bits per heavy atom. The molecule has 3 nitrogen and oxygen atoms in total. The van der Waals surface area contributed by atoms with Gasteiger partial charge in [-0.1, -0.05) is 56.7 Å². The van der Waals surface area contributed by atoms with E-state index >= 15 is 0 Å². The van der Waals surface area contributed by atoms with E-state index in [1.54, 1.807) is 6.26 Å². The third-order valence-electron chi connectivity index (χ3n) is 2.68. The lowest BCUT2D eigenvalue weighted by molar-refractivity contribution is -0.131. The van der Waals surface area contributed by atoms with Crippen LogP contribution in [-0.2, 0) is 9.53 Å². The molecular formula is C15H25ClO3. The second kappa shape index (κ2) is 13.5. The number of carboxylic acid groups (broad SMARTS) is 1. The van der Waals surface area contributed by atoms with Gasteiger partial charge in [0.15, 0.2) is 0 Å². The molecule has 0 aliphatic heterocycles. The lowest BCUT2D eigenvalue weighted by atomic mass is 10.1. The maximum atomic E-state index is 10.4. The average molecular weight is 289 g/mol. The van der Waals surface area contributed by atoms with E-state index in [2.05, 4.69) is 6.92 Å². The highest BCUT2D eigenvalue weighted by molar-refractivity contribution is 6.40. The van der Waals surface area contributed by atoms with Gasteiger partial charge < -0.3 is 9.84 Å². The number of rotatable bonds is 12. The monoisotopic (exact) mass is 288 g/mol. The van der Waals surface area contributed by atoms with Crippen LogP contribution in [0.2, 0.25) is 0 Å². The summed E-state index contributed by atoms with van der Waals surface area (Å²) >= 11 is 5.44. The standard InChI is InChI=1S/C15H25ClO3/c1-2-3-4-5-6-7-8-9-12-19-13-10-11-14(16)15(17)18/h9,11-12H,2-8,10,13H2,1H3,(H,17,18). The van der Waals surface area contributed by atoms with Crippen LogP contribution in [0.1, 0.15) is 58.3 Å². The highest BCUT2D eigenvalue weighted by Crippen LogP contribution is 2.07. The Bertz CT molecular complexity index is 285. The highest BCUT2D eigenvalue weighted by Gasteiger charge is 2.00. The van der Waals surface area contributed by atoms with Gasteiger partial charge in [0.25, 0.3) is 0 Å². The maximum Gasteiger partial charge on any atom is 0.346 e. The molecule has 1 N–H and O–H groups in total. The SMILES string of the molecule is CCCCCCCCC=COCCC=C(Cl)C(=O)O. The largest absolute Gasteiger partial charge is 0.501 e. The second-order valence-electron chi connectivity index (χ2n) is 4.44. The molecule has 0 saturated heterocycles. The number of aliphatic carboxylic acids is 1. The fourth-order valence-corrected chi connectivity index (χ4v) is 1.70. The van der Waals surface area contributed by atoms with Crippen molar-refractivity contribution < 1.29 is 14.6 Å². The van der Waals surface area contributed by atoms with Crippen LogP contribution in [0.25, 0.3) is 0 Å². The van der Waals surface area contributed by atoms with Crippen molar-refractivity contribution in [1.82, 2.24) is 0 Å². The number of hydrogen-bond donors (Lipinski definition) is 1. The first-order valence-corrected chi connectivity index (χ1v) is 7.41. The summed E-state index contributed by atoms with van der Waals surface area (Å²) in [5.41, 5.74) is 0. The Morgan fingerprint density at radius 1 is 1.16 bits per heavy atom. The van der Waals surface area contributed by atoms with Crippen molar-refractivity contribution in [3.63, 3.8) is 0 Å².